The number of methoxy groups -OCH3 is 2. The minimum absolute atomic E-state index is 0.505. The maximum atomic E-state index is 8.56. The number of rotatable bonds is 12. The Bertz CT molecular complexity index is 1890. The third-order valence-electron chi connectivity index (χ3n) is 10.4. The number of hydrogen-bond acceptors (Lipinski definition) is 2. The van der Waals surface area contributed by atoms with Crippen molar-refractivity contribution in [2.45, 2.75) is 12.3 Å². The van der Waals surface area contributed by atoms with Crippen LogP contribution in [-0.2, 0) is 12.3 Å². The molecule has 262 valence electrons. The second-order valence-electron chi connectivity index (χ2n) is 13.2. The predicted molar refractivity (Wildman–Crippen MR) is 229 cm³/mol. The van der Waals surface area contributed by atoms with Gasteiger partial charge in [-0.3, -0.25) is 0 Å². The molecule has 0 spiro atoms. The van der Waals surface area contributed by atoms with Crippen LogP contribution in [0, 0.1) is 0 Å². The van der Waals surface area contributed by atoms with Crippen LogP contribution in [0.2, 0.25) is 0 Å². The molecule has 0 bridgehead atoms. The second kappa shape index (κ2) is 14.5. The van der Waals surface area contributed by atoms with Crippen LogP contribution in [0.4, 0.5) is 0 Å². The van der Waals surface area contributed by atoms with Gasteiger partial charge in [0.1, 0.15) is 0 Å². The van der Waals surface area contributed by atoms with Crippen LogP contribution in [0.5, 0.6) is 11.5 Å². The maximum absolute atomic E-state index is 8.56. The van der Waals surface area contributed by atoms with Gasteiger partial charge in [0.05, 0.1) is 0 Å². The normalized spacial score (nSPS) is 13.2. The minimum atomic E-state index is -3.70. The molecule has 0 saturated carbocycles. The molecule has 0 unspecified atom stereocenters. The Labute approximate surface area is 317 Å². The summed E-state index contributed by atoms with van der Waals surface area (Å²) in [5.41, 5.74) is 1.92. The first kappa shape index (κ1) is 36.0. The van der Waals surface area contributed by atoms with Crippen molar-refractivity contribution in [3.05, 3.63) is 205 Å². The van der Waals surface area contributed by atoms with E-state index in [0.29, 0.717) is 12.3 Å². The van der Waals surface area contributed by atoms with E-state index in [-0.39, 0.29) is 0 Å². The Morgan fingerprint density at radius 3 is 0.712 bits per heavy atom. The average molecular weight is 760 g/mol. The SMILES string of the molecule is COc1cc(CP(Cl)(c2ccccc2)(c2ccccc2)c2ccccc2)c(OC)cc1CP(Cl)(c1ccccc1)(c1ccccc1)c1ccccc1. The Kier molecular flexibility index (Phi) is 10.1. The summed E-state index contributed by atoms with van der Waals surface area (Å²) in [6.45, 7) is 0. The second-order valence-corrected chi connectivity index (χ2v) is 26.1. The summed E-state index contributed by atoms with van der Waals surface area (Å²) in [6, 6.07) is 67.4. The molecule has 0 heterocycles. The van der Waals surface area contributed by atoms with Gasteiger partial charge in [0.25, 0.3) is 0 Å². The molecular weight excluding hydrogens is 717 g/mol. The molecule has 6 heteroatoms. The summed E-state index contributed by atoms with van der Waals surface area (Å²) >= 11 is 17.1. The van der Waals surface area contributed by atoms with Gasteiger partial charge in [-0.15, -0.1) is 0 Å². The molecule has 52 heavy (non-hydrogen) atoms. The van der Waals surface area contributed by atoms with Gasteiger partial charge in [-0.25, -0.2) is 0 Å². The molecule has 0 aromatic heterocycles. The Morgan fingerprint density at radius 2 is 0.538 bits per heavy atom. The molecule has 0 radical (unpaired) electrons. The fourth-order valence-corrected chi connectivity index (χ4v) is 20.0. The number of ether oxygens (including phenoxy) is 2. The average Bonchev–Trinajstić information content (AvgIpc) is 3.23. The van der Waals surface area contributed by atoms with Gasteiger partial charge in [0.15, 0.2) is 0 Å². The van der Waals surface area contributed by atoms with Crippen molar-refractivity contribution in [3.63, 3.8) is 0 Å². The van der Waals surface area contributed by atoms with E-state index >= 15 is 0 Å². The number of halogens is 2. The Morgan fingerprint density at radius 1 is 0.346 bits per heavy atom. The van der Waals surface area contributed by atoms with Gasteiger partial charge in [0, 0.05) is 0 Å². The van der Waals surface area contributed by atoms with E-state index < -0.39 is 11.9 Å². The summed E-state index contributed by atoms with van der Waals surface area (Å²) in [5, 5.41) is 6.50. The first-order chi connectivity index (χ1) is 25.3. The monoisotopic (exact) mass is 758 g/mol. The van der Waals surface area contributed by atoms with Crippen LogP contribution < -0.4 is 41.3 Å². The van der Waals surface area contributed by atoms with Gasteiger partial charge in [-0.05, 0) is 0 Å². The van der Waals surface area contributed by atoms with Crippen LogP contribution >= 0.6 is 34.4 Å². The third-order valence-corrected chi connectivity index (χ3v) is 24.7. The van der Waals surface area contributed by atoms with Crippen molar-refractivity contribution < 1.29 is 9.47 Å². The third kappa shape index (κ3) is 5.93. The molecule has 0 amide bonds. The standard InChI is InChI=1S/C46H42Cl2O2P2/c1-49-45-33-38(36-52(48,42-27-15-6-16-28-42,43-29-17-7-18-30-43)44-31-19-8-20-32-44)46(50-2)34-37(45)35-51(47,39-21-9-3-10-22-39,40-23-11-4-12-24-40)41-25-13-5-14-26-41/h3-34H,35-36H2,1-2H3. The number of hydrogen-bond donors (Lipinski definition) is 0. The van der Waals surface area contributed by atoms with Crippen molar-refractivity contribution >= 4 is 66.2 Å². The van der Waals surface area contributed by atoms with E-state index in [4.69, 9.17) is 32.0 Å². The number of benzene rings is 7. The zero-order chi connectivity index (χ0) is 36.1. The summed E-state index contributed by atoms with van der Waals surface area (Å²) in [4.78, 5) is 0. The van der Waals surface area contributed by atoms with Crippen molar-refractivity contribution in [3.8, 4) is 11.5 Å². The molecule has 0 atom stereocenters. The Hall–Kier alpha value is -4.42. The first-order valence-electron chi connectivity index (χ1n) is 17.4. The van der Waals surface area contributed by atoms with Crippen molar-refractivity contribution in [2.75, 3.05) is 14.2 Å². The van der Waals surface area contributed by atoms with E-state index in [1.807, 2.05) is 36.4 Å². The molecule has 0 N–H and O–H groups in total. The zero-order valence-corrected chi connectivity index (χ0v) is 32.7. The zero-order valence-electron chi connectivity index (χ0n) is 29.4. The summed E-state index contributed by atoms with van der Waals surface area (Å²) in [6.07, 6.45) is 1.01. The van der Waals surface area contributed by atoms with Crippen LogP contribution in [0.25, 0.3) is 0 Å². The summed E-state index contributed by atoms with van der Waals surface area (Å²) in [5.74, 6) is -5.91. The molecule has 0 fully saturated rings. The molecule has 2 nitrogen and oxygen atoms in total. The van der Waals surface area contributed by atoms with Gasteiger partial charge < -0.3 is 0 Å². The fourth-order valence-electron chi connectivity index (χ4n) is 7.79. The first-order valence-corrected chi connectivity index (χ1v) is 24.0. The van der Waals surface area contributed by atoms with Crippen LogP contribution in [-0.4, -0.2) is 14.2 Å². The molecule has 7 rings (SSSR count). The molecule has 0 aliphatic rings. The quantitative estimate of drug-likeness (QED) is 0.116. The van der Waals surface area contributed by atoms with E-state index in [2.05, 4.69) is 158 Å². The van der Waals surface area contributed by atoms with Crippen molar-refractivity contribution in [2.24, 2.45) is 0 Å². The molecular formula is C46H42Cl2O2P2. The van der Waals surface area contributed by atoms with E-state index in [1.165, 1.54) is 0 Å². The van der Waals surface area contributed by atoms with E-state index in [9.17, 15) is 0 Å². The van der Waals surface area contributed by atoms with Gasteiger partial charge in [-0.1, -0.05) is 0 Å². The van der Waals surface area contributed by atoms with E-state index in [0.717, 1.165) is 54.5 Å². The molecule has 7 aromatic carbocycles. The summed E-state index contributed by atoms with van der Waals surface area (Å²) in [7, 11) is 3.47. The molecule has 0 saturated heterocycles. The predicted octanol–water partition coefficient (Wildman–Crippen LogP) is 10.1. The van der Waals surface area contributed by atoms with Crippen molar-refractivity contribution in [1.29, 1.82) is 0 Å². The molecule has 0 aliphatic carbocycles. The molecule has 7 aromatic rings. The molecule has 0 aliphatic heterocycles. The van der Waals surface area contributed by atoms with Gasteiger partial charge in [-0.2, -0.15) is 0 Å². The summed E-state index contributed by atoms with van der Waals surface area (Å²) < 4.78 is 12.7. The van der Waals surface area contributed by atoms with Crippen LogP contribution in [0.3, 0.4) is 0 Å². The topological polar surface area (TPSA) is 18.5 Å². The fraction of sp³-hybridized carbons (Fsp3) is 0.0870. The van der Waals surface area contributed by atoms with Gasteiger partial charge in [0.2, 0.25) is 0 Å². The Balaban J connectivity index is 1.49. The van der Waals surface area contributed by atoms with Gasteiger partial charge >= 0.3 is 319 Å². The van der Waals surface area contributed by atoms with Crippen molar-refractivity contribution in [1.82, 2.24) is 0 Å². The van der Waals surface area contributed by atoms with E-state index in [1.54, 1.807) is 14.2 Å². The van der Waals surface area contributed by atoms with Crippen LogP contribution in [0.15, 0.2) is 194 Å². The van der Waals surface area contributed by atoms with Crippen LogP contribution in [0.1, 0.15) is 11.1 Å².